The van der Waals surface area contributed by atoms with Crippen LogP contribution in [0.3, 0.4) is 0 Å². The van der Waals surface area contributed by atoms with E-state index in [0.717, 1.165) is 44.1 Å². The number of ether oxygens (including phenoxy) is 2. The molecule has 0 bridgehead atoms. The van der Waals surface area contributed by atoms with Gasteiger partial charge < -0.3 is 9.47 Å². The van der Waals surface area contributed by atoms with Gasteiger partial charge in [0.2, 0.25) is 0 Å². The number of fused-ring (bicyclic) bond motifs is 1. The molecule has 0 radical (unpaired) electrons. The van der Waals surface area contributed by atoms with Gasteiger partial charge in [0.15, 0.2) is 17.3 Å². The minimum Gasteiger partial charge on any atom is -0.488 e. The molecule has 1 aliphatic rings. The van der Waals surface area contributed by atoms with Gasteiger partial charge in [0.25, 0.3) is 0 Å². The van der Waals surface area contributed by atoms with E-state index in [1.54, 1.807) is 22.1 Å². The third-order valence-electron chi connectivity index (χ3n) is 8.82. The molecule has 3 unspecified atom stereocenters. The van der Waals surface area contributed by atoms with Gasteiger partial charge in [-0.3, -0.25) is 4.79 Å². The van der Waals surface area contributed by atoms with Crippen molar-refractivity contribution in [3.05, 3.63) is 80.5 Å². The van der Waals surface area contributed by atoms with Crippen LogP contribution in [0.15, 0.2) is 48.5 Å². The lowest BCUT2D eigenvalue weighted by atomic mass is 9.85. The van der Waals surface area contributed by atoms with Gasteiger partial charge in [0, 0.05) is 44.4 Å². The Morgan fingerprint density at radius 2 is 1.27 bits per heavy atom. The van der Waals surface area contributed by atoms with E-state index in [1.807, 2.05) is 158 Å². The molecule has 0 saturated carbocycles. The highest BCUT2D eigenvalue weighted by molar-refractivity contribution is 9.11. The third-order valence-corrected chi connectivity index (χ3v) is 32.0. The highest BCUT2D eigenvalue weighted by Crippen LogP contribution is 2.58. The summed E-state index contributed by atoms with van der Waals surface area (Å²) in [6.07, 6.45) is 9.78. The molecule has 4 rings (SSSR count). The number of hydrogen-bond acceptors (Lipinski definition) is 19. The molecule has 1 aliphatic heterocycles. The number of Topliss-reactive ketones (excluding diaryl/α,β-unsaturated/α-hetero) is 1. The Morgan fingerprint density at radius 1 is 0.750 bits per heavy atom. The second-order valence-corrected chi connectivity index (χ2v) is 37.2. The maximum Gasteiger partial charge on any atom is 0.175 e. The zero-order chi connectivity index (χ0) is 40.6. The predicted octanol–water partition coefficient (Wildman–Crippen LogP) is 17.6. The molecule has 3 nitrogen and oxygen atoms in total. The molecule has 0 aliphatic carbocycles. The quantitative estimate of drug-likeness (QED) is 0.0434. The van der Waals surface area contributed by atoms with Crippen LogP contribution in [0.1, 0.15) is 75.7 Å². The predicted molar refractivity (Wildman–Crippen MR) is 289 cm³/mol. The molecule has 0 fully saturated rings. The third kappa shape index (κ3) is 15.7. The topological polar surface area (TPSA) is 35.5 Å². The minimum absolute atomic E-state index is 0.000512. The number of thiophene rings is 1. The first-order valence-corrected chi connectivity index (χ1v) is 37.8. The van der Waals surface area contributed by atoms with Crippen molar-refractivity contribution >= 4 is 174 Å². The fraction of sp³-hybridized carbons (Fsp3) is 0.541. The molecule has 0 saturated heterocycles. The van der Waals surface area contributed by atoms with E-state index in [4.69, 9.17) is 9.47 Å². The fourth-order valence-corrected chi connectivity index (χ4v) is 26.5. The first-order valence-electron chi connectivity index (χ1n) is 17.4. The second-order valence-electron chi connectivity index (χ2n) is 13.4. The molecule has 0 amide bonds. The summed E-state index contributed by atoms with van der Waals surface area (Å²) in [5.41, 5.74) is 4.59. The van der Waals surface area contributed by atoms with E-state index in [2.05, 4.69) is 96.0 Å². The van der Waals surface area contributed by atoms with Gasteiger partial charge >= 0.3 is 0 Å². The number of rotatable bonds is 26. The summed E-state index contributed by atoms with van der Waals surface area (Å²) < 4.78 is 12.4. The largest absolute Gasteiger partial charge is 0.488 e. The van der Waals surface area contributed by atoms with Crippen LogP contribution in [0.4, 0.5) is 0 Å². The first-order chi connectivity index (χ1) is 26.9. The van der Waals surface area contributed by atoms with Crippen LogP contribution in [0.25, 0.3) is 0 Å². The van der Waals surface area contributed by atoms with Gasteiger partial charge in [-0.2, -0.15) is 0 Å². The molecule has 19 heteroatoms. The van der Waals surface area contributed by atoms with Crippen molar-refractivity contribution in [2.45, 2.75) is 62.2 Å². The molecule has 0 spiro atoms. The Labute approximate surface area is 398 Å². The lowest BCUT2D eigenvalue weighted by Gasteiger charge is -2.32. The average Bonchev–Trinajstić information content (AvgIpc) is 3.35. The van der Waals surface area contributed by atoms with E-state index in [1.165, 1.54) is 16.7 Å². The van der Waals surface area contributed by atoms with Gasteiger partial charge in [-0.1, -0.05) is 163 Å². The van der Waals surface area contributed by atoms with Gasteiger partial charge in [0.05, 0.1) is 28.0 Å². The van der Waals surface area contributed by atoms with E-state index in [0.29, 0.717) is 26.1 Å². The molecule has 2 heterocycles. The Morgan fingerprint density at radius 3 is 1.80 bits per heavy atom. The van der Waals surface area contributed by atoms with E-state index in [-0.39, 0.29) is 25.9 Å². The lowest BCUT2D eigenvalue weighted by Crippen LogP contribution is -2.31. The summed E-state index contributed by atoms with van der Waals surface area (Å²) >= 11 is 1.71. The van der Waals surface area contributed by atoms with Gasteiger partial charge in [0.1, 0.15) is 0 Å². The van der Waals surface area contributed by atoms with Crippen molar-refractivity contribution in [3.63, 3.8) is 0 Å². The van der Waals surface area contributed by atoms with Crippen molar-refractivity contribution in [1.29, 1.82) is 0 Å². The SMILES string of the molecule is CSSSCC(SSSC(C)(CSSSC)c1cccc(C(C)(CSSSC)SSSC)c1)c1ccc(C(=O)CCC2(C)COc3c(C)sc(C)c3OC2)cc1. The maximum absolute atomic E-state index is 13.5. The molecule has 0 N–H and O–H groups in total. The Hall–Kier alpha value is 2.66. The summed E-state index contributed by atoms with van der Waals surface area (Å²) in [7, 11) is 28.3. The van der Waals surface area contributed by atoms with Crippen LogP contribution in [-0.2, 0) is 9.49 Å². The van der Waals surface area contributed by atoms with E-state index in [9.17, 15) is 4.79 Å². The molecule has 56 heavy (non-hydrogen) atoms. The highest BCUT2D eigenvalue weighted by atomic mass is 33.5. The summed E-state index contributed by atoms with van der Waals surface area (Å²) in [5, 5.41) is 0.284. The lowest BCUT2D eigenvalue weighted by molar-refractivity contribution is 0.0869. The van der Waals surface area contributed by atoms with Crippen LogP contribution >= 0.6 is 168 Å². The molecule has 2 aromatic carbocycles. The molecule has 1 aromatic heterocycles. The Balaban J connectivity index is 1.44. The number of ketones is 1. The van der Waals surface area contributed by atoms with E-state index >= 15 is 0 Å². The van der Waals surface area contributed by atoms with Crippen molar-refractivity contribution in [1.82, 2.24) is 0 Å². The first kappa shape index (κ1) is 51.3. The van der Waals surface area contributed by atoms with Crippen LogP contribution < -0.4 is 9.47 Å². The van der Waals surface area contributed by atoms with E-state index < -0.39 is 0 Å². The Bertz CT molecular complexity index is 1610. The van der Waals surface area contributed by atoms with Crippen LogP contribution in [-0.4, -0.2) is 61.3 Å². The zero-order valence-corrected chi connectivity index (χ0v) is 46.0. The zero-order valence-electron chi connectivity index (χ0n) is 32.9. The molecule has 312 valence electrons. The second kappa shape index (κ2) is 26.4. The molecule has 3 atom stereocenters. The number of aryl methyl sites for hydroxylation is 2. The van der Waals surface area contributed by atoms with Crippen molar-refractivity contribution in [3.8, 4) is 11.5 Å². The fourth-order valence-electron chi connectivity index (χ4n) is 5.52. The standard InChI is InChI=1S/C37H50O3S16/c1-25-33-34(26(2)48-25)40-22-35(3,21-39-33)18-17-31(38)27-13-15-28(16-14-27)32(20-45-52-41-6)49-56-51-37(5,24-47-54-43-8)30-12-10-11-29(19-30)36(4,50-55-44-9)23-46-53-42-7/h10-16,19,32H,17-18,20-24H2,1-9H3. The number of carbonyl (C=O) groups excluding carboxylic acids is 1. The van der Waals surface area contributed by atoms with Crippen molar-refractivity contribution < 1.29 is 14.3 Å². The summed E-state index contributed by atoms with van der Waals surface area (Å²) in [6, 6.07) is 17.8. The molecule has 3 aromatic rings. The normalized spacial score (nSPS) is 16.5. The van der Waals surface area contributed by atoms with Gasteiger partial charge in [-0.05, 0) is 125 Å². The smallest absolute Gasteiger partial charge is 0.175 e. The molecular weight excluding hydrogens is 1010 g/mol. The van der Waals surface area contributed by atoms with Gasteiger partial charge in [-0.25, -0.2) is 0 Å². The maximum atomic E-state index is 13.5. The summed E-state index contributed by atoms with van der Waals surface area (Å²) in [5.74, 6) is 4.95. The van der Waals surface area contributed by atoms with Crippen LogP contribution in [0, 0.1) is 19.3 Å². The number of hydrogen-bond donors (Lipinski definition) is 0. The van der Waals surface area contributed by atoms with Crippen molar-refractivity contribution in [2.24, 2.45) is 5.41 Å². The average molecular weight is 1060 g/mol. The highest BCUT2D eigenvalue weighted by Gasteiger charge is 2.35. The summed E-state index contributed by atoms with van der Waals surface area (Å²) in [6.45, 7) is 12.2. The number of benzene rings is 2. The van der Waals surface area contributed by atoms with Crippen molar-refractivity contribution in [2.75, 3.05) is 55.5 Å². The van der Waals surface area contributed by atoms with Crippen LogP contribution in [0.2, 0.25) is 0 Å². The van der Waals surface area contributed by atoms with Crippen LogP contribution in [0.5, 0.6) is 11.5 Å². The number of carbonyl (C=O) groups is 1. The minimum atomic E-state index is -0.228. The summed E-state index contributed by atoms with van der Waals surface area (Å²) in [4.78, 5) is 15.8. The Kier molecular flexibility index (Phi) is 24.2. The monoisotopic (exact) mass is 1050 g/mol. The van der Waals surface area contributed by atoms with Gasteiger partial charge in [-0.15, -0.1) is 11.3 Å². The molecular formula is C37H50O3S16.